The summed E-state index contributed by atoms with van der Waals surface area (Å²) < 4.78 is 13.1. The van der Waals surface area contributed by atoms with E-state index in [2.05, 4.69) is 26.9 Å². The Balaban J connectivity index is 1.22. The first-order valence-electron chi connectivity index (χ1n) is 10.8. The van der Waals surface area contributed by atoms with Gasteiger partial charge in [-0.2, -0.15) is 0 Å². The molecule has 4 rings (SSSR count). The molecule has 3 aliphatic rings. The lowest BCUT2D eigenvalue weighted by molar-refractivity contribution is -0.130. The molecule has 0 unspecified atom stereocenters. The van der Waals surface area contributed by atoms with Gasteiger partial charge in [0.2, 0.25) is 5.91 Å². The van der Waals surface area contributed by atoms with Gasteiger partial charge in [0, 0.05) is 44.5 Å². The molecule has 28 heavy (non-hydrogen) atoms. The minimum Gasteiger partial charge on any atom is -0.369 e. The van der Waals surface area contributed by atoms with Crippen molar-refractivity contribution in [2.75, 3.05) is 57.3 Å². The van der Waals surface area contributed by atoms with Crippen LogP contribution in [0.25, 0.3) is 0 Å². The van der Waals surface area contributed by atoms with Crippen LogP contribution < -0.4 is 10.2 Å². The number of halogens is 1. The van der Waals surface area contributed by atoms with Crippen LogP contribution in [-0.4, -0.2) is 74.1 Å². The van der Waals surface area contributed by atoms with Crippen LogP contribution in [0.2, 0.25) is 0 Å². The van der Waals surface area contributed by atoms with E-state index in [1.54, 1.807) is 0 Å². The molecule has 1 amide bonds. The number of nitrogens with zero attached hydrogens (tertiary/aromatic N) is 3. The number of likely N-dealkylation sites (tertiary alicyclic amines) is 1. The molecule has 6 heteroatoms. The van der Waals surface area contributed by atoms with E-state index in [0.717, 1.165) is 83.7 Å². The number of hydrogen-bond donors (Lipinski definition) is 1. The van der Waals surface area contributed by atoms with Crippen molar-refractivity contribution in [3.63, 3.8) is 0 Å². The normalized spacial score (nSPS) is 26.0. The molecule has 0 saturated carbocycles. The zero-order chi connectivity index (χ0) is 19.6. The van der Waals surface area contributed by atoms with Gasteiger partial charge in [0.25, 0.3) is 0 Å². The summed E-state index contributed by atoms with van der Waals surface area (Å²) in [6, 6.07) is 7.12. The SMILES string of the molecule is CCN1CCC2(CC1)C[C@H](CCN1CCN(c3ccc(F)cc3)CC1)NC2=O. The number of anilines is 1. The Labute approximate surface area is 167 Å². The van der Waals surface area contributed by atoms with Gasteiger partial charge < -0.3 is 15.1 Å². The fraction of sp³-hybridized carbons (Fsp3) is 0.682. The van der Waals surface area contributed by atoms with Gasteiger partial charge in [0.05, 0.1) is 5.41 Å². The highest BCUT2D eigenvalue weighted by atomic mass is 19.1. The van der Waals surface area contributed by atoms with Gasteiger partial charge >= 0.3 is 0 Å². The summed E-state index contributed by atoms with van der Waals surface area (Å²) in [5.74, 6) is 0.119. The van der Waals surface area contributed by atoms with Crippen molar-refractivity contribution in [1.29, 1.82) is 0 Å². The number of piperazine rings is 1. The van der Waals surface area contributed by atoms with Crippen LogP contribution in [0, 0.1) is 11.2 Å². The highest BCUT2D eigenvalue weighted by Gasteiger charge is 2.47. The number of nitrogens with one attached hydrogen (secondary N) is 1. The van der Waals surface area contributed by atoms with Gasteiger partial charge in [0.15, 0.2) is 0 Å². The van der Waals surface area contributed by atoms with E-state index in [0.29, 0.717) is 11.9 Å². The van der Waals surface area contributed by atoms with Crippen LogP contribution in [-0.2, 0) is 4.79 Å². The highest BCUT2D eigenvalue weighted by Crippen LogP contribution is 2.41. The zero-order valence-corrected chi connectivity index (χ0v) is 17.0. The van der Waals surface area contributed by atoms with Crippen LogP contribution in [0.5, 0.6) is 0 Å². The van der Waals surface area contributed by atoms with Crippen LogP contribution in [0.1, 0.15) is 32.6 Å². The van der Waals surface area contributed by atoms with E-state index in [4.69, 9.17) is 0 Å². The molecule has 3 heterocycles. The number of hydrogen-bond acceptors (Lipinski definition) is 4. The number of rotatable bonds is 5. The highest BCUT2D eigenvalue weighted by molar-refractivity contribution is 5.85. The van der Waals surface area contributed by atoms with Crippen LogP contribution in [0.4, 0.5) is 10.1 Å². The molecule has 0 aromatic heterocycles. The first-order valence-corrected chi connectivity index (χ1v) is 10.8. The number of carbonyl (C=O) groups excluding carboxylic acids is 1. The third kappa shape index (κ3) is 4.18. The molecule has 3 fully saturated rings. The van der Waals surface area contributed by atoms with Gasteiger partial charge in [0.1, 0.15) is 5.82 Å². The smallest absolute Gasteiger partial charge is 0.226 e. The lowest BCUT2D eigenvalue weighted by Crippen LogP contribution is -2.47. The van der Waals surface area contributed by atoms with E-state index < -0.39 is 0 Å². The Kier molecular flexibility index (Phi) is 5.88. The van der Waals surface area contributed by atoms with Gasteiger partial charge in [-0.05, 0) is 69.6 Å². The summed E-state index contributed by atoms with van der Waals surface area (Å²) in [6.45, 7) is 10.4. The summed E-state index contributed by atoms with van der Waals surface area (Å²) in [5, 5.41) is 3.30. The van der Waals surface area contributed by atoms with Gasteiger partial charge in [-0.1, -0.05) is 6.92 Å². The summed E-state index contributed by atoms with van der Waals surface area (Å²) in [5.41, 5.74) is 1.00. The lowest BCUT2D eigenvalue weighted by atomic mass is 9.75. The molecule has 1 aromatic rings. The van der Waals surface area contributed by atoms with Crippen molar-refractivity contribution in [2.45, 2.75) is 38.6 Å². The molecule has 5 nitrogen and oxygen atoms in total. The third-order valence-electron chi connectivity index (χ3n) is 7.07. The third-order valence-corrected chi connectivity index (χ3v) is 7.07. The molecule has 1 N–H and O–H groups in total. The van der Waals surface area contributed by atoms with Crippen molar-refractivity contribution in [2.24, 2.45) is 5.41 Å². The van der Waals surface area contributed by atoms with E-state index in [9.17, 15) is 9.18 Å². The molecule has 3 aliphatic heterocycles. The molecule has 3 saturated heterocycles. The van der Waals surface area contributed by atoms with Crippen molar-refractivity contribution in [3.05, 3.63) is 30.1 Å². The fourth-order valence-electron chi connectivity index (χ4n) is 5.08. The summed E-state index contributed by atoms with van der Waals surface area (Å²) >= 11 is 0. The molecule has 1 atom stereocenters. The van der Waals surface area contributed by atoms with Gasteiger partial charge in [-0.25, -0.2) is 4.39 Å². The minimum atomic E-state index is -0.181. The lowest BCUT2D eigenvalue weighted by Gasteiger charge is -2.37. The Morgan fingerprint density at radius 1 is 1.04 bits per heavy atom. The van der Waals surface area contributed by atoms with Crippen LogP contribution >= 0.6 is 0 Å². The fourth-order valence-corrected chi connectivity index (χ4v) is 5.08. The van der Waals surface area contributed by atoms with Crippen molar-refractivity contribution < 1.29 is 9.18 Å². The maximum atomic E-state index is 13.1. The second kappa shape index (κ2) is 8.37. The molecule has 0 bridgehead atoms. The topological polar surface area (TPSA) is 38.8 Å². The monoisotopic (exact) mass is 388 g/mol. The Hall–Kier alpha value is -1.66. The summed E-state index contributed by atoms with van der Waals surface area (Å²) in [6.07, 6.45) is 4.08. The number of amides is 1. The summed E-state index contributed by atoms with van der Waals surface area (Å²) in [7, 11) is 0. The van der Waals surface area contributed by atoms with Crippen molar-refractivity contribution in [3.8, 4) is 0 Å². The van der Waals surface area contributed by atoms with E-state index in [-0.39, 0.29) is 11.2 Å². The minimum absolute atomic E-state index is 0.0996. The zero-order valence-electron chi connectivity index (χ0n) is 17.0. The maximum Gasteiger partial charge on any atom is 0.226 e. The Morgan fingerprint density at radius 3 is 2.36 bits per heavy atom. The van der Waals surface area contributed by atoms with Crippen LogP contribution in [0.3, 0.4) is 0 Å². The van der Waals surface area contributed by atoms with E-state index in [1.165, 1.54) is 12.1 Å². The molecular weight excluding hydrogens is 355 g/mol. The van der Waals surface area contributed by atoms with Gasteiger partial charge in [-0.15, -0.1) is 0 Å². The standard InChI is InChI=1S/C22H33FN4O/c1-2-25-11-8-22(9-12-25)17-19(24-21(22)28)7-10-26-13-15-27(16-14-26)20-5-3-18(23)4-6-20/h3-6,19H,2,7-17H2,1H3,(H,24,28)/t19-/m0/s1. The average molecular weight is 389 g/mol. The summed E-state index contributed by atoms with van der Waals surface area (Å²) in [4.78, 5) is 19.9. The molecule has 0 aliphatic carbocycles. The number of carbonyl (C=O) groups is 1. The predicted molar refractivity (Wildman–Crippen MR) is 110 cm³/mol. The quantitative estimate of drug-likeness (QED) is 0.840. The van der Waals surface area contributed by atoms with Gasteiger partial charge in [-0.3, -0.25) is 9.69 Å². The van der Waals surface area contributed by atoms with E-state index >= 15 is 0 Å². The average Bonchev–Trinajstić information content (AvgIpc) is 3.03. The molecule has 0 radical (unpaired) electrons. The largest absolute Gasteiger partial charge is 0.369 e. The molecule has 1 spiro atoms. The maximum absolute atomic E-state index is 13.1. The van der Waals surface area contributed by atoms with E-state index in [1.807, 2.05) is 12.1 Å². The number of benzene rings is 1. The van der Waals surface area contributed by atoms with Crippen LogP contribution in [0.15, 0.2) is 24.3 Å². The first kappa shape index (κ1) is 19.6. The molecule has 154 valence electrons. The Bertz CT molecular complexity index is 664. The Morgan fingerprint density at radius 2 is 1.71 bits per heavy atom. The number of piperidine rings is 1. The second-order valence-electron chi connectivity index (χ2n) is 8.68. The predicted octanol–water partition coefficient (Wildman–Crippen LogP) is 2.33. The second-order valence-corrected chi connectivity index (χ2v) is 8.68. The molecular formula is C22H33FN4O. The van der Waals surface area contributed by atoms with Crippen molar-refractivity contribution >= 4 is 11.6 Å². The molecule has 1 aromatic carbocycles. The van der Waals surface area contributed by atoms with Crippen molar-refractivity contribution in [1.82, 2.24) is 15.1 Å². The first-order chi connectivity index (χ1) is 13.6.